The minimum Gasteiger partial charge on any atom is -0.481 e. The third kappa shape index (κ3) is 5.34. The van der Waals surface area contributed by atoms with Crippen molar-refractivity contribution in [3.63, 3.8) is 0 Å². The van der Waals surface area contributed by atoms with Crippen LogP contribution >= 0.6 is 11.6 Å². The third-order valence-electron chi connectivity index (χ3n) is 2.05. The normalized spacial score (nSPS) is 11.4. The molecule has 0 aromatic carbocycles. The van der Waals surface area contributed by atoms with Crippen molar-refractivity contribution in [2.24, 2.45) is 0 Å². The van der Waals surface area contributed by atoms with Gasteiger partial charge in [-0.05, 0) is 18.1 Å². The molecule has 0 atom stereocenters. The molecule has 1 aromatic rings. The summed E-state index contributed by atoms with van der Waals surface area (Å²) in [6.07, 6.45) is 2.01. The SMILES string of the molecule is COc1cc(CNS(=O)(=O)CCCCl)ccn1. The van der Waals surface area contributed by atoms with Crippen LogP contribution in [0, 0.1) is 0 Å². The zero-order valence-corrected chi connectivity index (χ0v) is 11.1. The Hall–Kier alpha value is -0.850. The number of ether oxygens (including phenoxy) is 1. The van der Waals surface area contributed by atoms with Crippen LogP contribution in [0.4, 0.5) is 0 Å². The fourth-order valence-electron chi connectivity index (χ4n) is 1.18. The maximum Gasteiger partial charge on any atom is 0.213 e. The number of sulfonamides is 1. The molecule has 0 bridgehead atoms. The smallest absolute Gasteiger partial charge is 0.213 e. The van der Waals surface area contributed by atoms with Gasteiger partial charge in [0.1, 0.15) is 0 Å². The van der Waals surface area contributed by atoms with E-state index in [-0.39, 0.29) is 12.3 Å². The maximum absolute atomic E-state index is 11.5. The van der Waals surface area contributed by atoms with Crippen molar-refractivity contribution in [3.05, 3.63) is 23.9 Å². The minimum atomic E-state index is -3.26. The Bertz CT molecular complexity index is 451. The van der Waals surface area contributed by atoms with E-state index in [1.54, 1.807) is 18.3 Å². The summed E-state index contributed by atoms with van der Waals surface area (Å²) in [5.41, 5.74) is 0.797. The lowest BCUT2D eigenvalue weighted by Crippen LogP contribution is -2.26. The van der Waals surface area contributed by atoms with Crippen molar-refractivity contribution in [1.82, 2.24) is 9.71 Å². The minimum absolute atomic E-state index is 0.0404. The molecule has 1 heterocycles. The van der Waals surface area contributed by atoms with Crippen LogP contribution in [-0.2, 0) is 16.6 Å². The van der Waals surface area contributed by atoms with Crippen molar-refractivity contribution >= 4 is 21.6 Å². The standard InChI is InChI=1S/C10H15ClN2O3S/c1-16-10-7-9(3-5-12-10)8-13-17(14,15)6-2-4-11/h3,5,7,13H,2,4,6,8H2,1H3. The van der Waals surface area contributed by atoms with Gasteiger partial charge in [-0.15, -0.1) is 11.6 Å². The van der Waals surface area contributed by atoms with Gasteiger partial charge in [-0.1, -0.05) is 0 Å². The molecule has 0 fully saturated rings. The lowest BCUT2D eigenvalue weighted by molar-refractivity contribution is 0.397. The topological polar surface area (TPSA) is 68.3 Å². The van der Waals surface area contributed by atoms with Crippen LogP contribution in [-0.4, -0.2) is 32.1 Å². The van der Waals surface area contributed by atoms with Crippen LogP contribution in [0.1, 0.15) is 12.0 Å². The van der Waals surface area contributed by atoms with Gasteiger partial charge in [0.05, 0.1) is 12.9 Å². The Morgan fingerprint density at radius 2 is 2.29 bits per heavy atom. The molecule has 0 saturated carbocycles. The van der Waals surface area contributed by atoms with E-state index < -0.39 is 10.0 Å². The molecule has 0 amide bonds. The average molecular weight is 279 g/mol. The number of hydrogen-bond acceptors (Lipinski definition) is 4. The van der Waals surface area contributed by atoms with Gasteiger partial charge in [0.15, 0.2) is 0 Å². The fourth-order valence-corrected chi connectivity index (χ4v) is 2.53. The first-order chi connectivity index (χ1) is 8.07. The van der Waals surface area contributed by atoms with E-state index in [0.717, 1.165) is 5.56 Å². The molecule has 0 unspecified atom stereocenters. The van der Waals surface area contributed by atoms with Crippen LogP contribution in [0.5, 0.6) is 5.88 Å². The van der Waals surface area contributed by atoms with Crippen molar-refractivity contribution in [1.29, 1.82) is 0 Å². The predicted molar refractivity (Wildman–Crippen MR) is 66.8 cm³/mol. The summed E-state index contributed by atoms with van der Waals surface area (Å²) in [6, 6.07) is 3.41. The molecule has 1 aromatic heterocycles. The van der Waals surface area contributed by atoms with Gasteiger partial charge in [0, 0.05) is 24.7 Å². The summed E-state index contributed by atoms with van der Waals surface area (Å²) in [5, 5.41) is 0. The molecule has 5 nitrogen and oxygen atoms in total. The molecular formula is C10H15ClN2O3S. The van der Waals surface area contributed by atoms with E-state index in [2.05, 4.69) is 9.71 Å². The zero-order valence-electron chi connectivity index (χ0n) is 9.52. The second-order valence-corrected chi connectivity index (χ2v) is 5.69. The first kappa shape index (κ1) is 14.2. The monoisotopic (exact) mass is 278 g/mol. The Kier molecular flexibility index (Phi) is 5.67. The Morgan fingerprint density at radius 3 is 2.94 bits per heavy atom. The molecule has 0 aliphatic rings. The van der Waals surface area contributed by atoms with Gasteiger partial charge in [0.2, 0.25) is 15.9 Å². The molecule has 1 N–H and O–H groups in total. The summed E-state index contributed by atoms with van der Waals surface area (Å²) >= 11 is 5.45. The number of alkyl halides is 1. The number of nitrogens with zero attached hydrogens (tertiary/aromatic N) is 1. The van der Waals surface area contributed by atoms with Gasteiger partial charge in [-0.25, -0.2) is 18.1 Å². The molecule has 1 rings (SSSR count). The Morgan fingerprint density at radius 1 is 1.53 bits per heavy atom. The van der Waals surface area contributed by atoms with Crippen molar-refractivity contribution < 1.29 is 13.2 Å². The van der Waals surface area contributed by atoms with E-state index in [0.29, 0.717) is 18.2 Å². The second kappa shape index (κ2) is 6.78. The number of pyridine rings is 1. The van der Waals surface area contributed by atoms with Crippen molar-refractivity contribution in [2.75, 3.05) is 18.7 Å². The quantitative estimate of drug-likeness (QED) is 0.760. The lowest BCUT2D eigenvalue weighted by atomic mass is 10.3. The highest BCUT2D eigenvalue weighted by Gasteiger charge is 2.09. The third-order valence-corrected chi connectivity index (χ3v) is 3.73. The van der Waals surface area contributed by atoms with Gasteiger partial charge in [-0.2, -0.15) is 0 Å². The molecule has 96 valence electrons. The van der Waals surface area contributed by atoms with Crippen LogP contribution < -0.4 is 9.46 Å². The number of aromatic nitrogens is 1. The average Bonchev–Trinajstić information content (AvgIpc) is 2.34. The molecule has 0 aliphatic carbocycles. The number of nitrogens with one attached hydrogen (secondary N) is 1. The van der Waals surface area contributed by atoms with Crippen LogP contribution in [0.3, 0.4) is 0 Å². The first-order valence-electron chi connectivity index (χ1n) is 5.09. The van der Waals surface area contributed by atoms with Crippen molar-refractivity contribution in [2.45, 2.75) is 13.0 Å². The molecule has 0 radical (unpaired) electrons. The van der Waals surface area contributed by atoms with Gasteiger partial charge in [-0.3, -0.25) is 0 Å². The largest absolute Gasteiger partial charge is 0.481 e. The summed E-state index contributed by atoms with van der Waals surface area (Å²) in [5.74, 6) is 0.838. The van der Waals surface area contributed by atoms with Crippen LogP contribution in [0.15, 0.2) is 18.3 Å². The molecule has 17 heavy (non-hydrogen) atoms. The fraction of sp³-hybridized carbons (Fsp3) is 0.500. The van der Waals surface area contributed by atoms with E-state index in [9.17, 15) is 8.42 Å². The Balaban J connectivity index is 2.54. The molecule has 0 saturated heterocycles. The van der Waals surface area contributed by atoms with Gasteiger partial charge < -0.3 is 4.74 Å². The van der Waals surface area contributed by atoms with E-state index in [4.69, 9.17) is 16.3 Å². The summed E-state index contributed by atoms with van der Waals surface area (Å²) in [7, 11) is -1.75. The lowest BCUT2D eigenvalue weighted by Gasteiger charge is -2.06. The highest BCUT2D eigenvalue weighted by molar-refractivity contribution is 7.89. The number of hydrogen-bond donors (Lipinski definition) is 1. The van der Waals surface area contributed by atoms with E-state index >= 15 is 0 Å². The molecule has 0 spiro atoms. The summed E-state index contributed by atoms with van der Waals surface area (Å²) < 4.78 is 30.4. The number of methoxy groups -OCH3 is 1. The van der Waals surface area contributed by atoms with Crippen molar-refractivity contribution in [3.8, 4) is 5.88 Å². The number of rotatable bonds is 7. The van der Waals surface area contributed by atoms with E-state index in [1.807, 2.05) is 0 Å². The second-order valence-electron chi connectivity index (χ2n) is 3.39. The summed E-state index contributed by atoms with van der Waals surface area (Å²) in [6.45, 7) is 0.226. The van der Waals surface area contributed by atoms with E-state index in [1.165, 1.54) is 7.11 Å². The number of halogens is 1. The van der Waals surface area contributed by atoms with Gasteiger partial charge >= 0.3 is 0 Å². The first-order valence-corrected chi connectivity index (χ1v) is 7.28. The maximum atomic E-state index is 11.5. The van der Waals surface area contributed by atoms with Gasteiger partial charge in [0.25, 0.3) is 0 Å². The molecular weight excluding hydrogens is 264 g/mol. The molecule has 0 aliphatic heterocycles. The summed E-state index contributed by atoms with van der Waals surface area (Å²) in [4.78, 5) is 3.94. The highest BCUT2D eigenvalue weighted by Crippen LogP contribution is 2.08. The zero-order chi connectivity index (χ0) is 12.7. The highest BCUT2D eigenvalue weighted by atomic mass is 35.5. The predicted octanol–water partition coefficient (Wildman–Crippen LogP) is 1.14. The molecule has 7 heteroatoms. The Labute approximate surface area is 106 Å². The van der Waals surface area contributed by atoms with Crippen LogP contribution in [0.2, 0.25) is 0 Å². The van der Waals surface area contributed by atoms with Crippen LogP contribution in [0.25, 0.3) is 0 Å².